The zero-order chi connectivity index (χ0) is 19.6. The highest BCUT2D eigenvalue weighted by atomic mass is 32.2. The molecule has 0 fully saturated rings. The number of carbonyl (C=O) groups is 1. The van der Waals surface area contributed by atoms with E-state index in [4.69, 9.17) is 0 Å². The van der Waals surface area contributed by atoms with Crippen LogP contribution in [0.3, 0.4) is 0 Å². The van der Waals surface area contributed by atoms with Gasteiger partial charge < -0.3 is 0 Å². The lowest BCUT2D eigenvalue weighted by Gasteiger charge is -2.23. The van der Waals surface area contributed by atoms with E-state index in [0.29, 0.717) is 23.4 Å². The van der Waals surface area contributed by atoms with Crippen molar-refractivity contribution in [1.29, 1.82) is 0 Å². The van der Waals surface area contributed by atoms with E-state index in [2.05, 4.69) is 9.82 Å². The second kappa shape index (κ2) is 7.52. The number of sulfonamides is 1. The summed E-state index contributed by atoms with van der Waals surface area (Å²) in [6, 6.07) is 16.7. The molecule has 142 valence electrons. The van der Waals surface area contributed by atoms with E-state index in [1.54, 1.807) is 12.1 Å². The smallest absolute Gasteiger partial charge is 0.245 e. The van der Waals surface area contributed by atoms with E-state index in [1.165, 1.54) is 5.01 Å². The van der Waals surface area contributed by atoms with Gasteiger partial charge in [0.05, 0.1) is 23.7 Å². The summed E-state index contributed by atoms with van der Waals surface area (Å²) in [5.41, 5.74) is 2.83. The predicted octanol–water partition coefficient (Wildman–Crippen LogP) is 3.39. The zero-order valence-electron chi connectivity index (χ0n) is 15.6. The first kappa shape index (κ1) is 19.1. The molecule has 1 amide bonds. The standard InChI is InChI=1S/C20H23N3O3S/c1-14(2)20(24)23-19(15-9-5-4-6-10-15)13-18(21-23)16-11-7-8-12-17(16)22-27(3,25)26/h4-12,14,19,22H,13H2,1-3H3. The summed E-state index contributed by atoms with van der Waals surface area (Å²) in [6.45, 7) is 3.69. The SMILES string of the molecule is CC(C)C(=O)N1N=C(c2ccccc2NS(C)(=O)=O)CC1c1ccccc1. The van der Waals surface area contributed by atoms with Crippen LogP contribution < -0.4 is 4.72 Å². The van der Waals surface area contributed by atoms with Crippen LogP contribution in [-0.2, 0) is 14.8 Å². The summed E-state index contributed by atoms with van der Waals surface area (Å²) in [5.74, 6) is -0.254. The molecule has 1 aliphatic rings. The molecule has 1 N–H and O–H groups in total. The lowest BCUT2D eigenvalue weighted by molar-refractivity contribution is -0.136. The summed E-state index contributed by atoms with van der Waals surface area (Å²) in [7, 11) is -3.42. The van der Waals surface area contributed by atoms with E-state index in [0.717, 1.165) is 11.8 Å². The van der Waals surface area contributed by atoms with Gasteiger partial charge in [0.2, 0.25) is 15.9 Å². The maximum absolute atomic E-state index is 12.7. The Kier molecular flexibility index (Phi) is 5.32. The molecule has 6 nitrogen and oxygen atoms in total. The Balaban J connectivity index is 2.02. The molecule has 0 aromatic heterocycles. The number of hydrazone groups is 1. The Hall–Kier alpha value is -2.67. The lowest BCUT2D eigenvalue weighted by Crippen LogP contribution is -2.30. The van der Waals surface area contributed by atoms with Gasteiger partial charge in [0.25, 0.3) is 0 Å². The fourth-order valence-electron chi connectivity index (χ4n) is 3.10. The summed E-state index contributed by atoms with van der Waals surface area (Å²) in [5, 5.41) is 6.13. The molecule has 0 saturated carbocycles. The van der Waals surface area contributed by atoms with Crippen LogP contribution in [0.4, 0.5) is 5.69 Å². The average Bonchev–Trinajstić information content (AvgIpc) is 3.06. The molecule has 2 aromatic carbocycles. The number of anilines is 1. The molecule has 1 heterocycles. The number of nitrogens with zero attached hydrogens (tertiary/aromatic N) is 2. The third-order valence-corrected chi connectivity index (χ3v) is 4.94. The van der Waals surface area contributed by atoms with Gasteiger partial charge in [0, 0.05) is 17.9 Å². The van der Waals surface area contributed by atoms with Crippen molar-refractivity contribution in [3.05, 3.63) is 65.7 Å². The maximum Gasteiger partial charge on any atom is 0.245 e. The van der Waals surface area contributed by atoms with E-state index in [9.17, 15) is 13.2 Å². The first-order valence-electron chi connectivity index (χ1n) is 8.79. The van der Waals surface area contributed by atoms with Gasteiger partial charge in [-0.2, -0.15) is 5.10 Å². The highest BCUT2D eigenvalue weighted by Gasteiger charge is 2.34. The van der Waals surface area contributed by atoms with Gasteiger partial charge in [0.15, 0.2) is 0 Å². The van der Waals surface area contributed by atoms with Gasteiger partial charge in [0.1, 0.15) is 0 Å². The minimum Gasteiger partial charge on any atom is -0.283 e. The van der Waals surface area contributed by atoms with Crippen LogP contribution >= 0.6 is 0 Å². The highest BCUT2D eigenvalue weighted by Crippen LogP contribution is 2.35. The van der Waals surface area contributed by atoms with Crippen LogP contribution in [0.25, 0.3) is 0 Å². The molecule has 0 radical (unpaired) electrons. The number of para-hydroxylation sites is 1. The van der Waals surface area contributed by atoms with Crippen molar-refractivity contribution in [2.75, 3.05) is 11.0 Å². The molecule has 1 unspecified atom stereocenters. The van der Waals surface area contributed by atoms with Crippen LogP contribution in [0, 0.1) is 5.92 Å². The average molecular weight is 385 g/mol. The molecule has 7 heteroatoms. The minimum absolute atomic E-state index is 0.0626. The number of rotatable bonds is 5. The number of carbonyl (C=O) groups excluding carboxylic acids is 1. The Bertz CT molecular complexity index is 969. The Morgan fingerprint density at radius 1 is 1.11 bits per heavy atom. The van der Waals surface area contributed by atoms with Gasteiger partial charge in [-0.25, -0.2) is 13.4 Å². The van der Waals surface area contributed by atoms with Crippen LogP contribution in [0.15, 0.2) is 59.7 Å². The molecular formula is C20H23N3O3S. The Morgan fingerprint density at radius 3 is 2.37 bits per heavy atom. The molecule has 0 saturated heterocycles. The summed E-state index contributed by atoms with van der Waals surface area (Å²) >= 11 is 0. The first-order chi connectivity index (χ1) is 12.8. The van der Waals surface area contributed by atoms with Gasteiger partial charge in [-0.3, -0.25) is 9.52 Å². The molecular weight excluding hydrogens is 362 g/mol. The first-order valence-corrected chi connectivity index (χ1v) is 10.7. The van der Waals surface area contributed by atoms with E-state index in [1.807, 2.05) is 56.3 Å². The van der Waals surface area contributed by atoms with Gasteiger partial charge in [-0.15, -0.1) is 0 Å². The molecule has 27 heavy (non-hydrogen) atoms. The van der Waals surface area contributed by atoms with Crippen LogP contribution in [-0.4, -0.2) is 31.3 Å². The molecule has 1 atom stereocenters. The largest absolute Gasteiger partial charge is 0.283 e. The van der Waals surface area contributed by atoms with Crippen molar-refractivity contribution in [3.8, 4) is 0 Å². The third kappa shape index (κ3) is 4.36. The molecule has 0 bridgehead atoms. The normalized spacial score (nSPS) is 17.1. The second-order valence-corrected chi connectivity index (χ2v) is 8.68. The molecule has 2 aromatic rings. The maximum atomic E-state index is 12.7. The summed E-state index contributed by atoms with van der Waals surface area (Å²) < 4.78 is 25.9. The van der Waals surface area contributed by atoms with Gasteiger partial charge >= 0.3 is 0 Å². The molecule has 0 spiro atoms. The molecule has 1 aliphatic heterocycles. The third-order valence-electron chi connectivity index (χ3n) is 4.35. The molecule has 0 aliphatic carbocycles. The number of hydrogen-bond donors (Lipinski definition) is 1. The minimum atomic E-state index is -3.42. The topological polar surface area (TPSA) is 78.8 Å². The van der Waals surface area contributed by atoms with Gasteiger partial charge in [-0.1, -0.05) is 62.4 Å². The van der Waals surface area contributed by atoms with Crippen molar-refractivity contribution >= 4 is 27.3 Å². The Morgan fingerprint density at radius 2 is 1.74 bits per heavy atom. The second-order valence-electron chi connectivity index (χ2n) is 6.93. The zero-order valence-corrected chi connectivity index (χ0v) is 16.4. The fraction of sp³-hybridized carbons (Fsp3) is 0.300. The van der Waals surface area contributed by atoms with Crippen molar-refractivity contribution in [2.24, 2.45) is 11.0 Å². The Labute approximate surface area is 159 Å². The van der Waals surface area contributed by atoms with E-state index in [-0.39, 0.29) is 17.9 Å². The highest BCUT2D eigenvalue weighted by molar-refractivity contribution is 7.92. The van der Waals surface area contributed by atoms with Gasteiger partial charge in [-0.05, 0) is 11.6 Å². The van der Waals surface area contributed by atoms with Crippen molar-refractivity contribution in [2.45, 2.75) is 26.3 Å². The van der Waals surface area contributed by atoms with Crippen molar-refractivity contribution in [1.82, 2.24) is 5.01 Å². The summed E-state index contributed by atoms with van der Waals surface area (Å²) in [6.07, 6.45) is 1.63. The van der Waals surface area contributed by atoms with E-state index >= 15 is 0 Å². The monoisotopic (exact) mass is 385 g/mol. The fourth-order valence-corrected chi connectivity index (χ4v) is 3.68. The van der Waals surface area contributed by atoms with Crippen molar-refractivity contribution < 1.29 is 13.2 Å². The van der Waals surface area contributed by atoms with Crippen LogP contribution in [0.5, 0.6) is 0 Å². The predicted molar refractivity (Wildman–Crippen MR) is 107 cm³/mol. The molecule has 3 rings (SSSR count). The number of hydrogen-bond acceptors (Lipinski definition) is 4. The van der Waals surface area contributed by atoms with Crippen LogP contribution in [0.1, 0.15) is 37.4 Å². The summed E-state index contributed by atoms with van der Waals surface area (Å²) in [4.78, 5) is 12.7. The lowest BCUT2D eigenvalue weighted by atomic mass is 9.97. The number of nitrogens with one attached hydrogen (secondary N) is 1. The number of benzene rings is 2. The van der Waals surface area contributed by atoms with Crippen LogP contribution in [0.2, 0.25) is 0 Å². The number of amides is 1. The van der Waals surface area contributed by atoms with Crippen molar-refractivity contribution in [3.63, 3.8) is 0 Å². The quantitative estimate of drug-likeness (QED) is 0.857. The van der Waals surface area contributed by atoms with E-state index < -0.39 is 10.0 Å².